The number of fused-ring (bicyclic) bond motifs is 1. The van der Waals surface area contributed by atoms with Gasteiger partial charge < -0.3 is 19.6 Å². The van der Waals surface area contributed by atoms with Gasteiger partial charge in [-0.3, -0.25) is 4.79 Å². The summed E-state index contributed by atoms with van der Waals surface area (Å²) in [5, 5.41) is 10.6. The average molecular weight is 297 g/mol. The van der Waals surface area contributed by atoms with Gasteiger partial charge in [-0.1, -0.05) is 30.3 Å². The molecule has 2 aromatic carbocycles. The van der Waals surface area contributed by atoms with Crippen molar-refractivity contribution in [2.24, 2.45) is 0 Å². The zero-order valence-electron chi connectivity index (χ0n) is 12.2. The number of aromatic amines is 1. The minimum absolute atomic E-state index is 0.314. The molecule has 0 amide bonds. The molecule has 5 heteroatoms. The first-order chi connectivity index (χ1) is 10.7. The maximum absolute atomic E-state index is 12.4. The smallest absolute Gasteiger partial charge is 0.231 e. The first-order valence-corrected chi connectivity index (χ1v) is 6.72. The molecule has 0 saturated heterocycles. The van der Waals surface area contributed by atoms with Crippen LogP contribution in [0.25, 0.3) is 22.2 Å². The van der Waals surface area contributed by atoms with E-state index in [4.69, 9.17) is 9.47 Å². The Morgan fingerprint density at radius 2 is 1.64 bits per heavy atom. The van der Waals surface area contributed by atoms with E-state index in [1.54, 1.807) is 12.1 Å². The zero-order valence-corrected chi connectivity index (χ0v) is 12.2. The number of ether oxygens (including phenoxy) is 2. The molecule has 0 aliphatic heterocycles. The fraction of sp³-hybridized carbons (Fsp3) is 0.118. The standard InChI is InChI=1S/C17H15NO4/c1-21-13-8-11-12(9-14(13)22-2)18-15(17(20)16(11)19)10-6-4-3-5-7-10/h3-9,20H,1-2H3,(H,18,19). The van der Waals surface area contributed by atoms with Gasteiger partial charge in [-0.15, -0.1) is 0 Å². The molecule has 2 N–H and O–H groups in total. The largest absolute Gasteiger partial charge is 0.503 e. The van der Waals surface area contributed by atoms with Crippen molar-refractivity contribution in [1.82, 2.24) is 4.98 Å². The summed E-state index contributed by atoms with van der Waals surface area (Å²) in [6.45, 7) is 0. The second kappa shape index (κ2) is 5.44. The second-order valence-electron chi connectivity index (χ2n) is 4.80. The summed E-state index contributed by atoms with van der Waals surface area (Å²) in [4.78, 5) is 15.5. The molecule has 5 nitrogen and oxygen atoms in total. The number of hydrogen-bond donors (Lipinski definition) is 2. The van der Waals surface area contributed by atoms with Crippen LogP contribution >= 0.6 is 0 Å². The molecule has 0 fully saturated rings. The first-order valence-electron chi connectivity index (χ1n) is 6.72. The topological polar surface area (TPSA) is 71.5 Å². The molecule has 0 unspecified atom stereocenters. The third-order valence-corrected chi connectivity index (χ3v) is 3.54. The van der Waals surface area contributed by atoms with Crippen molar-refractivity contribution in [3.05, 3.63) is 52.7 Å². The number of aromatic nitrogens is 1. The molecular formula is C17H15NO4. The number of pyridine rings is 1. The summed E-state index contributed by atoms with van der Waals surface area (Å²) in [5.74, 6) is 0.633. The number of hydrogen-bond acceptors (Lipinski definition) is 4. The van der Waals surface area contributed by atoms with Crippen molar-refractivity contribution in [2.75, 3.05) is 14.2 Å². The van der Waals surface area contributed by atoms with E-state index in [9.17, 15) is 9.90 Å². The van der Waals surface area contributed by atoms with Gasteiger partial charge in [0.25, 0.3) is 0 Å². The van der Waals surface area contributed by atoms with Crippen LogP contribution in [0.15, 0.2) is 47.3 Å². The van der Waals surface area contributed by atoms with Crippen LogP contribution in [0.5, 0.6) is 17.2 Å². The molecule has 3 rings (SSSR count). The van der Waals surface area contributed by atoms with E-state index in [-0.39, 0.29) is 5.75 Å². The lowest BCUT2D eigenvalue weighted by Crippen LogP contribution is -2.06. The quantitative estimate of drug-likeness (QED) is 0.779. The normalized spacial score (nSPS) is 10.6. The molecule has 0 aliphatic rings. The number of rotatable bonds is 3. The van der Waals surface area contributed by atoms with E-state index >= 15 is 0 Å². The van der Waals surface area contributed by atoms with Crippen molar-refractivity contribution >= 4 is 10.9 Å². The Morgan fingerprint density at radius 3 is 2.27 bits per heavy atom. The van der Waals surface area contributed by atoms with Gasteiger partial charge in [-0.25, -0.2) is 0 Å². The number of methoxy groups -OCH3 is 2. The van der Waals surface area contributed by atoms with Gasteiger partial charge in [0.2, 0.25) is 5.43 Å². The predicted octanol–water partition coefficient (Wildman–Crippen LogP) is 2.92. The number of nitrogens with one attached hydrogen (secondary N) is 1. The Kier molecular flexibility index (Phi) is 3.47. The first kappa shape index (κ1) is 14.0. The monoisotopic (exact) mass is 297 g/mol. The molecule has 0 spiro atoms. The van der Waals surface area contributed by atoms with Crippen LogP contribution in [-0.2, 0) is 0 Å². The van der Waals surface area contributed by atoms with Crippen LogP contribution in [0.2, 0.25) is 0 Å². The molecule has 1 aromatic heterocycles. The fourth-order valence-corrected chi connectivity index (χ4v) is 2.42. The summed E-state index contributed by atoms with van der Waals surface area (Å²) >= 11 is 0. The lowest BCUT2D eigenvalue weighted by Gasteiger charge is -2.11. The summed E-state index contributed by atoms with van der Waals surface area (Å²) in [5.41, 5.74) is 1.23. The third kappa shape index (κ3) is 2.16. The molecule has 112 valence electrons. The van der Waals surface area contributed by atoms with E-state index < -0.39 is 5.43 Å². The summed E-state index contributed by atoms with van der Waals surface area (Å²) in [6.07, 6.45) is 0. The maximum Gasteiger partial charge on any atom is 0.231 e. The number of benzene rings is 2. The van der Waals surface area contributed by atoms with Crippen molar-refractivity contribution in [3.63, 3.8) is 0 Å². The van der Waals surface area contributed by atoms with Crippen LogP contribution in [0.1, 0.15) is 0 Å². The molecule has 22 heavy (non-hydrogen) atoms. The van der Waals surface area contributed by atoms with Gasteiger partial charge in [0, 0.05) is 11.6 Å². The fourth-order valence-electron chi connectivity index (χ4n) is 2.42. The van der Waals surface area contributed by atoms with Crippen molar-refractivity contribution in [3.8, 4) is 28.5 Å². The van der Waals surface area contributed by atoms with Gasteiger partial charge in [0.15, 0.2) is 17.2 Å². The van der Waals surface area contributed by atoms with E-state index in [1.807, 2.05) is 30.3 Å². The van der Waals surface area contributed by atoms with Gasteiger partial charge in [-0.2, -0.15) is 0 Å². The van der Waals surface area contributed by atoms with Crippen molar-refractivity contribution in [2.45, 2.75) is 0 Å². The summed E-state index contributed by atoms with van der Waals surface area (Å²) < 4.78 is 10.4. The van der Waals surface area contributed by atoms with Crippen LogP contribution < -0.4 is 14.9 Å². The lowest BCUT2D eigenvalue weighted by atomic mass is 10.1. The Hall–Kier alpha value is -2.95. The Bertz CT molecular complexity index is 885. The molecular weight excluding hydrogens is 282 g/mol. The van der Waals surface area contributed by atoms with E-state index in [2.05, 4.69) is 4.98 Å². The van der Waals surface area contributed by atoms with Gasteiger partial charge >= 0.3 is 0 Å². The molecule has 3 aromatic rings. The third-order valence-electron chi connectivity index (χ3n) is 3.54. The van der Waals surface area contributed by atoms with Crippen LogP contribution in [0.4, 0.5) is 0 Å². The Labute approximate surface area is 126 Å². The SMILES string of the molecule is COc1cc2[nH]c(-c3ccccc3)c(O)c(=O)c2cc1OC. The summed E-state index contributed by atoms with van der Waals surface area (Å²) in [7, 11) is 3.02. The average Bonchev–Trinajstić information content (AvgIpc) is 2.57. The van der Waals surface area contributed by atoms with E-state index in [0.29, 0.717) is 28.1 Å². The lowest BCUT2D eigenvalue weighted by molar-refractivity contribution is 0.355. The molecule has 0 radical (unpaired) electrons. The highest BCUT2D eigenvalue weighted by Gasteiger charge is 2.15. The predicted molar refractivity (Wildman–Crippen MR) is 84.8 cm³/mol. The van der Waals surface area contributed by atoms with Crippen molar-refractivity contribution in [1.29, 1.82) is 0 Å². The van der Waals surface area contributed by atoms with E-state index in [0.717, 1.165) is 5.56 Å². The van der Waals surface area contributed by atoms with Crippen LogP contribution in [0.3, 0.4) is 0 Å². The molecule has 0 saturated carbocycles. The minimum atomic E-state index is -0.450. The highest BCUT2D eigenvalue weighted by atomic mass is 16.5. The number of H-pyrrole nitrogens is 1. The maximum atomic E-state index is 12.4. The molecule has 1 heterocycles. The summed E-state index contributed by atoms with van der Waals surface area (Å²) in [6, 6.07) is 12.4. The molecule has 0 atom stereocenters. The van der Waals surface area contributed by atoms with Gasteiger partial charge in [0.05, 0.1) is 30.8 Å². The second-order valence-corrected chi connectivity index (χ2v) is 4.80. The van der Waals surface area contributed by atoms with Gasteiger partial charge in [0.1, 0.15) is 0 Å². The highest BCUT2D eigenvalue weighted by Crippen LogP contribution is 2.33. The van der Waals surface area contributed by atoms with Gasteiger partial charge in [-0.05, 0) is 6.07 Å². The van der Waals surface area contributed by atoms with Crippen LogP contribution in [-0.4, -0.2) is 24.3 Å². The zero-order chi connectivity index (χ0) is 15.7. The van der Waals surface area contributed by atoms with E-state index in [1.165, 1.54) is 14.2 Å². The highest BCUT2D eigenvalue weighted by molar-refractivity contribution is 5.87. The molecule has 0 aliphatic carbocycles. The Morgan fingerprint density at radius 1 is 1.00 bits per heavy atom. The molecule has 0 bridgehead atoms. The minimum Gasteiger partial charge on any atom is -0.503 e. The van der Waals surface area contributed by atoms with Crippen LogP contribution in [0, 0.1) is 0 Å². The number of aromatic hydroxyl groups is 1. The Balaban J connectivity index is 2.34. The van der Waals surface area contributed by atoms with Crippen molar-refractivity contribution < 1.29 is 14.6 Å².